The second-order valence-corrected chi connectivity index (χ2v) is 7.21. The summed E-state index contributed by atoms with van der Waals surface area (Å²) in [4.78, 5) is 28.1. The zero-order valence-corrected chi connectivity index (χ0v) is 14.8. The summed E-state index contributed by atoms with van der Waals surface area (Å²) < 4.78 is 0. The van der Waals surface area contributed by atoms with E-state index in [0.717, 1.165) is 31.2 Å². The van der Waals surface area contributed by atoms with Crippen molar-refractivity contribution in [2.75, 3.05) is 0 Å². The smallest absolute Gasteiger partial charge is 0.318 e. The molecular formula is C22H24N2O2. The summed E-state index contributed by atoms with van der Waals surface area (Å²) in [5, 5.41) is 3.08. The largest absolute Gasteiger partial charge is 0.329 e. The van der Waals surface area contributed by atoms with Crippen molar-refractivity contribution in [3.05, 3.63) is 71.8 Å². The van der Waals surface area contributed by atoms with E-state index in [2.05, 4.69) is 5.32 Å². The van der Waals surface area contributed by atoms with Crippen LogP contribution < -0.4 is 5.32 Å². The van der Waals surface area contributed by atoms with Crippen LogP contribution in [0.3, 0.4) is 0 Å². The van der Waals surface area contributed by atoms with E-state index < -0.39 is 6.04 Å². The third kappa shape index (κ3) is 3.12. The highest BCUT2D eigenvalue weighted by molar-refractivity contribution is 6.04. The monoisotopic (exact) mass is 348 g/mol. The fourth-order valence-electron chi connectivity index (χ4n) is 4.30. The average molecular weight is 348 g/mol. The molecule has 2 amide bonds. The van der Waals surface area contributed by atoms with Crippen LogP contribution in [0.25, 0.3) is 0 Å². The minimum absolute atomic E-state index is 0.0170. The van der Waals surface area contributed by atoms with Gasteiger partial charge in [-0.3, -0.25) is 4.79 Å². The van der Waals surface area contributed by atoms with Gasteiger partial charge in [-0.25, -0.2) is 4.79 Å². The third-order valence-corrected chi connectivity index (χ3v) is 5.58. The summed E-state index contributed by atoms with van der Waals surface area (Å²) in [6.07, 6.45) is 5.42. The van der Waals surface area contributed by atoms with Crippen LogP contribution in [0.5, 0.6) is 0 Å². The lowest BCUT2D eigenvalue weighted by Gasteiger charge is -2.35. The van der Waals surface area contributed by atoms with E-state index in [4.69, 9.17) is 0 Å². The van der Waals surface area contributed by atoms with Crippen molar-refractivity contribution >= 4 is 11.8 Å². The van der Waals surface area contributed by atoms with Crippen molar-refractivity contribution in [3.8, 4) is 0 Å². The molecule has 134 valence electrons. The quantitative estimate of drug-likeness (QED) is 0.836. The van der Waals surface area contributed by atoms with Gasteiger partial charge in [0.1, 0.15) is 6.04 Å². The van der Waals surface area contributed by atoms with Gasteiger partial charge >= 0.3 is 6.03 Å². The van der Waals surface area contributed by atoms with Gasteiger partial charge in [-0.1, -0.05) is 79.9 Å². The average Bonchev–Trinajstić information content (AvgIpc) is 3.06. The number of rotatable bonds is 4. The van der Waals surface area contributed by atoms with Gasteiger partial charge in [-0.2, -0.15) is 0 Å². The Bertz CT molecular complexity index is 769. The first-order chi connectivity index (χ1) is 12.8. The summed E-state index contributed by atoms with van der Waals surface area (Å²) in [5.41, 5.74) is 1.64. The summed E-state index contributed by atoms with van der Waals surface area (Å²) >= 11 is 0. The van der Waals surface area contributed by atoms with Crippen molar-refractivity contribution in [1.82, 2.24) is 10.2 Å². The zero-order valence-electron chi connectivity index (χ0n) is 14.8. The first-order valence-corrected chi connectivity index (χ1v) is 9.49. The summed E-state index contributed by atoms with van der Waals surface area (Å²) in [6, 6.07) is 18.4. The van der Waals surface area contributed by atoms with Gasteiger partial charge in [0.2, 0.25) is 0 Å². The number of Topliss-reactive ketones (excluding diaryl/α,β-unsaturated/α-hetero) is 1. The van der Waals surface area contributed by atoms with E-state index in [1.807, 2.05) is 65.6 Å². The van der Waals surface area contributed by atoms with Gasteiger partial charge in [0, 0.05) is 11.6 Å². The molecule has 2 aromatic rings. The van der Waals surface area contributed by atoms with Crippen molar-refractivity contribution in [3.63, 3.8) is 0 Å². The molecule has 0 radical (unpaired) electrons. The molecule has 1 saturated heterocycles. The van der Waals surface area contributed by atoms with Gasteiger partial charge in [0.05, 0.1) is 6.04 Å². The fourth-order valence-corrected chi connectivity index (χ4v) is 4.30. The van der Waals surface area contributed by atoms with Crippen LogP contribution in [0, 0.1) is 0 Å². The summed E-state index contributed by atoms with van der Waals surface area (Å²) in [7, 11) is 0. The topological polar surface area (TPSA) is 49.4 Å². The molecule has 1 aliphatic heterocycles. The van der Waals surface area contributed by atoms with E-state index >= 15 is 0 Å². The number of ketones is 1. The SMILES string of the molecule is O=C(c1ccccc1)[C@@H]1[C@H](c2ccccc2)NC(=O)N1C1CCCCC1. The lowest BCUT2D eigenvalue weighted by Crippen LogP contribution is -2.47. The number of hydrogen-bond donors (Lipinski definition) is 1. The molecule has 0 unspecified atom stereocenters. The lowest BCUT2D eigenvalue weighted by atomic mass is 9.89. The first kappa shape index (κ1) is 16.8. The second-order valence-electron chi connectivity index (χ2n) is 7.21. The molecule has 0 bridgehead atoms. The van der Waals surface area contributed by atoms with Crippen LogP contribution in [0.4, 0.5) is 4.79 Å². The van der Waals surface area contributed by atoms with E-state index in [9.17, 15) is 9.59 Å². The Labute approximate surface area is 154 Å². The van der Waals surface area contributed by atoms with E-state index in [1.54, 1.807) is 0 Å². The number of carbonyl (C=O) groups is 2. The molecule has 4 heteroatoms. The number of urea groups is 1. The third-order valence-electron chi connectivity index (χ3n) is 5.58. The first-order valence-electron chi connectivity index (χ1n) is 9.49. The molecule has 4 rings (SSSR count). The molecule has 26 heavy (non-hydrogen) atoms. The molecule has 0 spiro atoms. The molecule has 4 nitrogen and oxygen atoms in total. The molecule has 2 fully saturated rings. The predicted molar refractivity (Wildman–Crippen MR) is 101 cm³/mol. The number of benzene rings is 2. The molecule has 2 aromatic carbocycles. The highest BCUT2D eigenvalue weighted by atomic mass is 16.2. The maximum Gasteiger partial charge on any atom is 0.318 e. The Morgan fingerprint density at radius 1 is 0.885 bits per heavy atom. The molecule has 2 atom stereocenters. The molecule has 1 N–H and O–H groups in total. The maximum absolute atomic E-state index is 13.4. The Morgan fingerprint density at radius 3 is 2.15 bits per heavy atom. The van der Waals surface area contributed by atoms with Gasteiger partial charge in [0.15, 0.2) is 5.78 Å². The molecule has 0 aromatic heterocycles. The van der Waals surface area contributed by atoms with Crippen molar-refractivity contribution in [2.24, 2.45) is 0 Å². The Balaban J connectivity index is 1.72. The molecule has 1 aliphatic carbocycles. The van der Waals surface area contributed by atoms with Gasteiger partial charge in [0.25, 0.3) is 0 Å². The summed E-state index contributed by atoms with van der Waals surface area (Å²) in [5.74, 6) is 0.0170. The van der Waals surface area contributed by atoms with Crippen LogP contribution in [-0.2, 0) is 0 Å². The van der Waals surface area contributed by atoms with Gasteiger partial charge in [-0.15, -0.1) is 0 Å². The number of hydrogen-bond acceptors (Lipinski definition) is 2. The maximum atomic E-state index is 13.4. The number of carbonyl (C=O) groups excluding carboxylic acids is 2. The van der Waals surface area contributed by atoms with Crippen molar-refractivity contribution in [2.45, 2.75) is 50.2 Å². The Morgan fingerprint density at radius 2 is 1.50 bits per heavy atom. The Hall–Kier alpha value is -2.62. The minimum atomic E-state index is -0.490. The lowest BCUT2D eigenvalue weighted by molar-refractivity contribution is 0.0801. The fraction of sp³-hybridized carbons (Fsp3) is 0.364. The predicted octanol–water partition coefficient (Wildman–Crippen LogP) is 4.34. The van der Waals surface area contributed by atoms with Crippen molar-refractivity contribution in [1.29, 1.82) is 0 Å². The van der Waals surface area contributed by atoms with Crippen LogP contribution in [0.2, 0.25) is 0 Å². The standard InChI is InChI=1S/C22H24N2O2/c25-21(17-12-6-2-7-13-17)20-19(16-10-4-1-5-11-16)23-22(26)24(20)18-14-8-3-9-15-18/h1-2,4-7,10-13,18-20H,3,8-9,14-15H2,(H,23,26)/t19-,20-/m0/s1. The number of nitrogens with one attached hydrogen (secondary N) is 1. The zero-order chi connectivity index (χ0) is 17.9. The minimum Gasteiger partial charge on any atom is -0.329 e. The Kier molecular flexibility index (Phi) is 4.74. The molecule has 2 aliphatic rings. The van der Waals surface area contributed by atoms with Crippen LogP contribution in [0.1, 0.15) is 54.1 Å². The summed E-state index contributed by atoms with van der Waals surface area (Å²) in [6.45, 7) is 0. The van der Waals surface area contributed by atoms with E-state index in [-0.39, 0.29) is 23.9 Å². The van der Waals surface area contributed by atoms with Crippen molar-refractivity contribution < 1.29 is 9.59 Å². The number of amides is 2. The molecular weight excluding hydrogens is 324 g/mol. The van der Waals surface area contributed by atoms with E-state index in [0.29, 0.717) is 5.56 Å². The second kappa shape index (κ2) is 7.32. The van der Waals surface area contributed by atoms with E-state index in [1.165, 1.54) is 6.42 Å². The molecule has 1 saturated carbocycles. The van der Waals surface area contributed by atoms with Gasteiger partial charge < -0.3 is 10.2 Å². The van der Waals surface area contributed by atoms with Crippen LogP contribution in [0.15, 0.2) is 60.7 Å². The van der Waals surface area contributed by atoms with Gasteiger partial charge in [-0.05, 0) is 18.4 Å². The highest BCUT2D eigenvalue weighted by Gasteiger charge is 2.47. The van der Waals surface area contributed by atoms with Crippen LogP contribution in [-0.4, -0.2) is 28.8 Å². The molecule has 1 heterocycles. The van der Waals surface area contributed by atoms with Crippen LogP contribution >= 0.6 is 0 Å². The number of nitrogens with zero attached hydrogens (tertiary/aromatic N) is 1. The highest BCUT2D eigenvalue weighted by Crippen LogP contribution is 2.35. The normalized spacial score (nSPS) is 23.7.